The Morgan fingerprint density at radius 2 is 1.90 bits per heavy atom. The fraction of sp³-hybridized carbons (Fsp3) is 0.304. The Labute approximate surface area is 184 Å². The third kappa shape index (κ3) is 3.95. The van der Waals surface area contributed by atoms with Gasteiger partial charge in [-0.2, -0.15) is 0 Å². The Morgan fingerprint density at radius 3 is 2.63 bits per heavy atom. The second kappa shape index (κ2) is 8.76. The Hall–Kier alpha value is -2.41. The fourth-order valence-corrected chi connectivity index (χ4v) is 4.69. The molecule has 30 heavy (non-hydrogen) atoms. The fourth-order valence-electron chi connectivity index (χ4n) is 3.49. The zero-order valence-electron chi connectivity index (χ0n) is 17.3. The molecule has 0 radical (unpaired) electrons. The highest BCUT2D eigenvalue weighted by atomic mass is 35.5. The third-order valence-corrected chi connectivity index (χ3v) is 6.84. The van der Waals surface area contributed by atoms with Gasteiger partial charge in [0.2, 0.25) is 0 Å². The maximum Gasteiger partial charge on any atom is 0.295 e. The van der Waals surface area contributed by atoms with Crippen LogP contribution in [-0.2, 0) is 0 Å². The van der Waals surface area contributed by atoms with Gasteiger partial charge < -0.3 is 9.32 Å². The van der Waals surface area contributed by atoms with E-state index in [1.807, 2.05) is 43.3 Å². The quantitative estimate of drug-likeness (QED) is 0.353. The number of likely N-dealkylation sites (N-methyl/N-ethyl adjacent to an activating group) is 1. The molecule has 0 atom stereocenters. The topological polar surface area (TPSA) is 49.6 Å². The minimum atomic E-state index is -0.179. The van der Waals surface area contributed by atoms with E-state index in [1.54, 1.807) is 11.0 Å². The number of fused-ring (bicyclic) bond motifs is 2. The third-order valence-electron chi connectivity index (χ3n) is 5.38. The number of carbonyl (C=O) groups excluding carboxylic acids is 1. The van der Waals surface area contributed by atoms with Gasteiger partial charge in [-0.15, -0.1) is 0 Å². The monoisotopic (exact) mass is 441 g/mol. The van der Waals surface area contributed by atoms with E-state index >= 15 is 0 Å². The Morgan fingerprint density at radius 1 is 1.13 bits per heavy atom. The molecule has 0 N–H and O–H groups in total. The van der Waals surface area contributed by atoms with Crippen molar-refractivity contribution in [2.24, 2.45) is 0 Å². The molecule has 0 aliphatic heterocycles. The van der Waals surface area contributed by atoms with Crippen LogP contribution >= 0.6 is 22.9 Å². The number of amides is 1. The number of anilines is 1. The summed E-state index contributed by atoms with van der Waals surface area (Å²) in [5.41, 5.74) is 2.47. The zero-order valence-corrected chi connectivity index (χ0v) is 18.9. The molecule has 4 rings (SSSR count). The molecule has 156 valence electrons. The number of nitrogens with zero attached hydrogens (tertiary/aromatic N) is 3. The molecule has 4 aromatic rings. The van der Waals surface area contributed by atoms with E-state index in [0.717, 1.165) is 40.8 Å². The Kier molecular flexibility index (Phi) is 6.09. The molecular formula is C23H24ClN3O2S. The summed E-state index contributed by atoms with van der Waals surface area (Å²) in [4.78, 5) is 22.3. The summed E-state index contributed by atoms with van der Waals surface area (Å²) in [6.07, 6.45) is 0. The molecule has 5 nitrogen and oxygen atoms in total. The Bertz CT molecular complexity index is 1160. The van der Waals surface area contributed by atoms with E-state index in [4.69, 9.17) is 21.0 Å². The number of hydrogen-bond donors (Lipinski definition) is 0. The van der Waals surface area contributed by atoms with Crippen molar-refractivity contribution in [3.63, 3.8) is 0 Å². The van der Waals surface area contributed by atoms with Gasteiger partial charge in [0.15, 0.2) is 10.9 Å². The minimum absolute atomic E-state index is 0.179. The first kappa shape index (κ1) is 20.8. The smallest absolute Gasteiger partial charge is 0.295 e. The molecule has 0 aliphatic carbocycles. The van der Waals surface area contributed by atoms with E-state index in [1.165, 1.54) is 11.3 Å². The number of halogens is 1. The Balaban J connectivity index is 1.73. The molecule has 0 unspecified atom stereocenters. The van der Waals surface area contributed by atoms with Crippen LogP contribution in [0.3, 0.4) is 0 Å². The predicted octanol–water partition coefficient (Wildman–Crippen LogP) is 5.99. The van der Waals surface area contributed by atoms with Crippen LogP contribution in [-0.4, -0.2) is 42.0 Å². The molecule has 2 aromatic carbocycles. The number of aromatic nitrogens is 1. The second-order valence-electron chi connectivity index (χ2n) is 7.15. The van der Waals surface area contributed by atoms with Crippen LogP contribution in [0.15, 0.2) is 46.9 Å². The van der Waals surface area contributed by atoms with Crippen molar-refractivity contribution in [3.8, 4) is 0 Å². The summed E-state index contributed by atoms with van der Waals surface area (Å²) >= 11 is 7.78. The first-order valence-electron chi connectivity index (χ1n) is 10.1. The summed E-state index contributed by atoms with van der Waals surface area (Å²) in [6, 6.07) is 13.3. The normalized spacial score (nSPS) is 11.6. The van der Waals surface area contributed by atoms with Gasteiger partial charge in [0, 0.05) is 23.5 Å². The summed E-state index contributed by atoms with van der Waals surface area (Å²) in [6.45, 7) is 9.35. The first-order chi connectivity index (χ1) is 14.5. The maximum atomic E-state index is 13.5. The molecule has 0 fully saturated rings. The molecule has 0 saturated heterocycles. The van der Waals surface area contributed by atoms with Crippen molar-refractivity contribution in [1.29, 1.82) is 0 Å². The van der Waals surface area contributed by atoms with Crippen molar-refractivity contribution < 1.29 is 9.21 Å². The number of carbonyl (C=O) groups is 1. The SMILES string of the molecule is CCN(CC)CCN(C(=O)c1cc2ccccc2o1)c1nc2c(C)c(Cl)ccc2s1. The average molecular weight is 442 g/mol. The molecule has 0 saturated carbocycles. The van der Waals surface area contributed by atoms with Gasteiger partial charge in [-0.05, 0) is 49.8 Å². The highest BCUT2D eigenvalue weighted by Crippen LogP contribution is 2.34. The van der Waals surface area contributed by atoms with Gasteiger partial charge in [-0.3, -0.25) is 9.69 Å². The van der Waals surface area contributed by atoms with Crippen LogP contribution < -0.4 is 4.90 Å². The lowest BCUT2D eigenvalue weighted by Gasteiger charge is -2.24. The summed E-state index contributed by atoms with van der Waals surface area (Å²) in [5.74, 6) is 0.144. The molecule has 0 spiro atoms. The van der Waals surface area contributed by atoms with E-state index in [2.05, 4.69) is 18.7 Å². The second-order valence-corrected chi connectivity index (χ2v) is 8.56. The highest BCUT2D eigenvalue weighted by Gasteiger charge is 2.25. The van der Waals surface area contributed by atoms with Crippen molar-refractivity contribution in [1.82, 2.24) is 9.88 Å². The van der Waals surface area contributed by atoms with Crippen LogP contribution in [0.25, 0.3) is 21.2 Å². The molecule has 1 amide bonds. The van der Waals surface area contributed by atoms with Crippen LogP contribution in [0.1, 0.15) is 30.0 Å². The lowest BCUT2D eigenvalue weighted by atomic mass is 10.2. The van der Waals surface area contributed by atoms with Crippen LogP contribution in [0.2, 0.25) is 5.02 Å². The minimum Gasteiger partial charge on any atom is -0.451 e. The number of rotatable bonds is 7. The first-order valence-corrected chi connectivity index (χ1v) is 11.3. The van der Waals surface area contributed by atoms with Gasteiger partial charge in [-0.1, -0.05) is 55.0 Å². The number of benzene rings is 2. The number of para-hydroxylation sites is 1. The summed E-state index contributed by atoms with van der Waals surface area (Å²) < 4.78 is 6.87. The lowest BCUT2D eigenvalue weighted by molar-refractivity contribution is 0.0959. The zero-order chi connectivity index (χ0) is 21.3. The van der Waals surface area contributed by atoms with Crippen LogP contribution in [0.5, 0.6) is 0 Å². The van der Waals surface area contributed by atoms with E-state index in [0.29, 0.717) is 28.0 Å². The average Bonchev–Trinajstić information content (AvgIpc) is 3.38. The van der Waals surface area contributed by atoms with Gasteiger partial charge in [0.1, 0.15) is 5.58 Å². The van der Waals surface area contributed by atoms with Gasteiger partial charge in [0.25, 0.3) is 5.91 Å². The molecule has 0 bridgehead atoms. The van der Waals surface area contributed by atoms with Crippen molar-refractivity contribution >= 4 is 55.2 Å². The van der Waals surface area contributed by atoms with Gasteiger partial charge in [-0.25, -0.2) is 4.98 Å². The standard InChI is InChI=1S/C23H24ClN3O2S/c1-4-26(5-2)12-13-27(22(28)19-14-16-8-6-7-9-18(16)29-19)23-25-21-15(3)17(24)10-11-20(21)30-23/h6-11,14H,4-5,12-13H2,1-3H3. The molecule has 2 heterocycles. The van der Waals surface area contributed by atoms with Crippen molar-refractivity contribution in [3.05, 3.63) is 58.8 Å². The predicted molar refractivity (Wildman–Crippen MR) is 125 cm³/mol. The number of hydrogen-bond acceptors (Lipinski definition) is 5. The van der Waals surface area contributed by atoms with E-state index in [9.17, 15) is 4.79 Å². The largest absolute Gasteiger partial charge is 0.451 e. The van der Waals surface area contributed by atoms with Gasteiger partial charge >= 0.3 is 0 Å². The number of aryl methyl sites for hydroxylation is 1. The number of furan rings is 1. The maximum absolute atomic E-state index is 13.5. The summed E-state index contributed by atoms with van der Waals surface area (Å²) in [7, 11) is 0. The molecule has 7 heteroatoms. The van der Waals surface area contributed by atoms with Crippen LogP contribution in [0, 0.1) is 6.92 Å². The van der Waals surface area contributed by atoms with E-state index in [-0.39, 0.29) is 5.91 Å². The molecule has 0 aliphatic rings. The molecule has 2 aromatic heterocycles. The van der Waals surface area contributed by atoms with Gasteiger partial charge in [0.05, 0.1) is 10.2 Å². The number of thiazole rings is 1. The lowest BCUT2D eigenvalue weighted by Crippen LogP contribution is -2.38. The van der Waals surface area contributed by atoms with E-state index < -0.39 is 0 Å². The summed E-state index contributed by atoms with van der Waals surface area (Å²) in [5, 5.41) is 2.25. The van der Waals surface area contributed by atoms with Crippen molar-refractivity contribution in [2.45, 2.75) is 20.8 Å². The van der Waals surface area contributed by atoms with Crippen LogP contribution in [0.4, 0.5) is 5.13 Å². The highest BCUT2D eigenvalue weighted by molar-refractivity contribution is 7.22. The van der Waals surface area contributed by atoms with Crippen molar-refractivity contribution in [2.75, 3.05) is 31.1 Å². The molecular weight excluding hydrogens is 418 g/mol.